The number of benzene rings is 1. The molecule has 0 saturated carbocycles. The monoisotopic (exact) mass is 525 g/mol. The highest BCUT2D eigenvalue weighted by Crippen LogP contribution is 2.23. The van der Waals surface area contributed by atoms with Crippen LogP contribution in [-0.2, 0) is 16.1 Å². The number of thiophene rings is 2. The number of aromatic amines is 1. The minimum absolute atomic E-state index is 0.146. The van der Waals surface area contributed by atoms with E-state index in [1.165, 1.54) is 18.4 Å². The molecule has 0 unspecified atom stereocenters. The van der Waals surface area contributed by atoms with Crippen LogP contribution in [0.1, 0.15) is 40.1 Å². The predicted octanol–water partition coefficient (Wildman–Crippen LogP) is 2.63. The maximum Gasteiger partial charge on any atom is 0.330 e. The molecule has 0 aliphatic carbocycles. The summed E-state index contributed by atoms with van der Waals surface area (Å²) < 4.78 is 4.77. The molecular weight excluding hydrogens is 502 g/mol. The number of carbonyl (C=O) groups excluding carboxylic acids is 4. The van der Waals surface area contributed by atoms with Crippen molar-refractivity contribution in [2.75, 3.05) is 13.7 Å². The number of methoxy groups -OCH3 is 1. The highest BCUT2D eigenvalue weighted by molar-refractivity contribution is 7.16. The number of ether oxygens (including phenoxy) is 1. The van der Waals surface area contributed by atoms with E-state index in [9.17, 15) is 19.2 Å². The van der Waals surface area contributed by atoms with Crippen LogP contribution in [0.5, 0.6) is 0 Å². The number of nitrogens with zero attached hydrogens (tertiary/aromatic N) is 1. The Morgan fingerprint density at radius 1 is 1.06 bits per heavy atom. The Morgan fingerprint density at radius 3 is 2.61 bits per heavy atom. The largest absolute Gasteiger partial charge is 0.467 e. The number of aryl methyl sites for hydroxylation is 1. The van der Waals surface area contributed by atoms with Gasteiger partial charge in [-0.2, -0.15) is 5.10 Å². The van der Waals surface area contributed by atoms with Gasteiger partial charge in [0.15, 0.2) is 0 Å². The van der Waals surface area contributed by atoms with Gasteiger partial charge in [-0.05, 0) is 41.6 Å². The molecule has 4 rings (SSSR count). The Balaban J connectivity index is 1.40. The second kappa shape index (κ2) is 11.1. The van der Waals surface area contributed by atoms with Gasteiger partial charge in [-0.1, -0.05) is 18.2 Å². The van der Waals surface area contributed by atoms with Gasteiger partial charge in [-0.3, -0.25) is 19.5 Å². The topological polar surface area (TPSA) is 142 Å². The summed E-state index contributed by atoms with van der Waals surface area (Å²) in [6, 6.07) is 9.60. The van der Waals surface area contributed by atoms with Crippen LogP contribution in [0.4, 0.5) is 0 Å². The van der Waals surface area contributed by atoms with Crippen molar-refractivity contribution >= 4 is 57.3 Å². The third-order valence-corrected chi connectivity index (χ3v) is 7.47. The SMILES string of the molecule is COC(=O)[C@H](CNC(=O)c1cccs1)NC(=O)c1sc(C(=O)NCc2cccc3[nH]ncc23)cc1C. The fourth-order valence-electron chi connectivity index (χ4n) is 3.51. The number of amides is 3. The number of rotatable bonds is 9. The molecule has 3 aromatic heterocycles. The number of H-pyrrole nitrogens is 1. The number of hydrogen-bond donors (Lipinski definition) is 4. The molecule has 3 heterocycles. The van der Waals surface area contributed by atoms with Crippen molar-refractivity contribution in [3.05, 3.63) is 73.7 Å². The van der Waals surface area contributed by atoms with Crippen LogP contribution in [0.25, 0.3) is 10.9 Å². The van der Waals surface area contributed by atoms with Gasteiger partial charge in [0.2, 0.25) is 0 Å². The molecule has 0 bridgehead atoms. The van der Waals surface area contributed by atoms with Crippen molar-refractivity contribution in [3.8, 4) is 0 Å². The third kappa shape index (κ3) is 5.61. The number of hydrogen-bond acceptors (Lipinski definition) is 8. The van der Waals surface area contributed by atoms with Gasteiger partial charge in [0.25, 0.3) is 17.7 Å². The van der Waals surface area contributed by atoms with Gasteiger partial charge in [0.05, 0.1) is 33.5 Å². The molecule has 0 spiro atoms. The van der Waals surface area contributed by atoms with Gasteiger partial charge in [0.1, 0.15) is 6.04 Å². The zero-order valence-corrected chi connectivity index (χ0v) is 21.0. The van der Waals surface area contributed by atoms with E-state index < -0.39 is 17.9 Å². The highest BCUT2D eigenvalue weighted by atomic mass is 32.1. The van der Waals surface area contributed by atoms with Gasteiger partial charge >= 0.3 is 5.97 Å². The van der Waals surface area contributed by atoms with Crippen molar-refractivity contribution in [2.24, 2.45) is 0 Å². The number of nitrogens with one attached hydrogen (secondary N) is 4. The highest BCUT2D eigenvalue weighted by Gasteiger charge is 2.26. The molecule has 186 valence electrons. The molecule has 3 amide bonds. The summed E-state index contributed by atoms with van der Waals surface area (Å²) in [6.07, 6.45) is 1.70. The number of esters is 1. The normalized spacial score (nSPS) is 11.6. The minimum atomic E-state index is -1.10. The summed E-state index contributed by atoms with van der Waals surface area (Å²) in [6.45, 7) is 1.86. The number of carbonyl (C=O) groups is 4. The van der Waals surface area contributed by atoms with Gasteiger partial charge < -0.3 is 20.7 Å². The summed E-state index contributed by atoms with van der Waals surface area (Å²) >= 11 is 2.28. The first-order valence-electron chi connectivity index (χ1n) is 10.9. The molecule has 0 aliphatic rings. The van der Waals surface area contributed by atoms with Crippen molar-refractivity contribution in [1.82, 2.24) is 26.1 Å². The van der Waals surface area contributed by atoms with Crippen LogP contribution >= 0.6 is 22.7 Å². The maximum absolute atomic E-state index is 12.9. The van der Waals surface area contributed by atoms with Crippen LogP contribution in [0.3, 0.4) is 0 Å². The first kappa shape index (κ1) is 25.1. The smallest absolute Gasteiger partial charge is 0.330 e. The summed E-state index contributed by atoms with van der Waals surface area (Å²) in [5.74, 6) is -1.92. The summed E-state index contributed by atoms with van der Waals surface area (Å²) in [5, 5.41) is 17.7. The van der Waals surface area contributed by atoms with Crippen molar-refractivity contribution in [3.63, 3.8) is 0 Å². The fraction of sp³-hybridized carbons (Fsp3) is 0.208. The number of aromatic nitrogens is 2. The molecule has 0 aliphatic heterocycles. The molecule has 0 fully saturated rings. The van der Waals surface area contributed by atoms with E-state index in [1.807, 2.05) is 18.2 Å². The Labute approximate surface area is 214 Å². The summed E-state index contributed by atoms with van der Waals surface area (Å²) in [5.41, 5.74) is 2.37. The lowest BCUT2D eigenvalue weighted by atomic mass is 10.1. The van der Waals surface area contributed by atoms with Crippen molar-refractivity contribution in [2.45, 2.75) is 19.5 Å². The molecule has 1 atom stereocenters. The van der Waals surface area contributed by atoms with Gasteiger partial charge in [-0.15, -0.1) is 22.7 Å². The standard InChI is InChI=1S/C24H23N5O5S2/c1-13-9-19(22(31)25-10-14-5-3-6-16-15(14)11-27-29-16)36-20(13)23(32)28-17(24(33)34-2)12-26-21(30)18-7-4-8-35-18/h3-9,11,17H,10,12H2,1-2H3,(H,25,31)(H,26,30)(H,27,29)(H,28,32)/t17-/m0/s1. The molecule has 0 radical (unpaired) electrons. The molecule has 12 heteroatoms. The minimum Gasteiger partial charge on any atom is -0.467 e. The second-order valence-electron chi connectivity index (χ2n) is 7.79. The van der Waals surface area contributed by atoms with E-state index in [0.717, 1.165) is 27.8 Å². The maximum atomic E-state index is 12.9. The van der Waals surface area contributed by atoms with E-state index in [0.29, 0.717) is 21.9 Å². The van der Waals surface area contributed by atoms with Gasteiger partial charge in [0, 0.05) is 18.5 Å². The molecule has 36 heavy (non-hydrogen) atoms. The Morgan fingerprint density at radius 2 is 1.86 bits per heavy atom. The second-order valence-corrected chi connectivity index (χ2v) is 9.79. The van der Waals surface area contributed by atoms with E-state index >= 15 is 0 Å². The first-order chi connectivity index (χ1) is 17.4. The van der Waals surface area contributed by atoms with Crippen LogP contribution in [0.2, 0.25) is 0 Å². The summed E-state index contributed by atoms with van der Waals surface area (Å²) in [4.78, 5) is 51.3. The van der Waals surface area contributed by atoms with E-state index in [-0.39, 0.29) is 23.2 Å². The van der Waals surface area contributed by atoms with Crippen molar-refractivity contribution < 1.29 is 23.9 Å². The van der Waals surface area contributed by atoms with E-state index in [4.69, 9.17) is 4.74 Å². The molecule has 4 N–H and O–H groups in total. The van der Waals surface area contributed by atoms with Crippen LogP contribution in [0.15, 0.2) is 48.0 Å². The Kier molecular flexibility index (Phi) is 7.76. The fourth-order valence-corrected chi connectivity index (χ4v) is 5.15. The summed E-state index contributed by atoms with van der Waals surface area (Å²) in [7, 11) is 1.20. The van der Waals surface area contributed by atoms with Crippen LogP contribution in [0, 0.1) is 6.92 Å². The zero-order valence-electron chi connectivity index (χ0n) is 19.4. The molecular formula is C24H23N5O5S2. The predicted molar refractivity (Wildman–Crippen MR) is 136 cm³/mol. The molecule has 4 aromatic rings. The average Bonchev–Trinajstić information content (AvgIpc) is 3.65. The quantitative estimate of drug-likeness (QED) is 0.248. The number of fused-ring (bicyclic) bond motifs is 1. The van der Waals surface area contributed by atoms with E-state index in [1.54, 1.807) is 36.7 Å². The Bertz CT molecular complexity index is 1410. The van der Waals surface area contributed by atoms with Crippen molar-refractivity contribution in [1.29, 1.82) is 0 Å². The Hall–Kier alpha value is -4.03. The first-order valence-corrected chi connectivity index (χ1v) is 12.6. The molecule has 1 aromatic carbocycles. The molecule has 10 nitrogen and oxygen atoms in total. The molecule has 0 saturated heterocycles. The van der Waals surface area contributed by atoms with Gasteiger partial charge in [-0.25, -0.2) is 4.79 Å². The van der Waals surface area contributed by atoms with Crippen LogP contribution in [-0.4, -0.2) is 53.6 Å². The van der Waals surface area contributed by atoms with Crippen LogP contribution < -0.4 is 16.0 Å². The lowest BCUT2D eigenvalue weighted by molar-refractivity contribution is -0.142. The zero-order chi connectivity index (χ0) is 25.7. The average molecular weight is 526 g/mol. The lowest BCUT2D eigenvalue weighted by Gasteiger charge is -2.16. The van der Waals surface area contributed by atoms with E-state index in [2.05, 4.69) is 26.1 Å². The third-order valence-electron chi connectivity index (χ3n) is 5.37. The lowest BCUT2D eigenvalue weighted by Crippen LogP contribution is -2.48.